The number of hydrogen-bond donors (Lipinski definition) is 2. The van der Waals surface area contributed by atoms with E-state index < -0.39 is 42.0 Å². The molecule has 5 aliphatic rings. The standard InChI is InChI=1S/C35H32N4O8/c1-15-9-18-10-22-24(12-36)39-23(28(37-22)26(18)29(41)30(15)44-4)11-21-27(33-32(45-14-46-33)16(2)31(21)47-17(3)40)25(39)13-38-34(42)19-7-5-6-8-20(19)35(38)43/h5-9,22-25,28,37,41H,10-11,13-14H2,1-4H3/t22?,23?,24?,25-,28-/m0/s1. The molecule has 5 atom stereocenters. The number of hydrogen-bond acceptors (Lipinski definition) is 11. The first-order valence-electron chi connectivity index (χ1n) is 15.6. The number of nitriles is 1. The fourth-order valence-electron chi connectivity index (χ4n) is 8.45. The lowest BCUT2D eigenvalue weighted by Crippen LogP contribution is -2.68. The van der Waals surface area contributed by atoms with Gasteiger partial charge in [0.2, 0.25) is 6.79 Å². The highest BCUT2D eigenvalue weighted by Crippen LogP contribution is 2.57. The Morgan fingerprint density at radius 1 is 1.09 bits per heavy atom. The lowest BCUT2D eigenvalue weighted by atomic mass is 9.72. The number of benzene rings is 3. The molecule has 0 saturated carbocycles. The number of ether oxygens (including phenoxy) is 4. The fraction of sp³-hybridized carbons (Fsp3) is 0.371. The molecule has 0 aromatic heterocycles. The molecular weight excluding hydrogens is 604 g/mol. The van der Waals surface area contributed by atoms with E-state index in [1.54, 1.807) is 31.2 Å². The Labute approximate surface area is 270 Å². The minimum atomic E-state index is -0.746. The van der Waals surface area contributed by atoms with Gasteiger partial charge in [0, 0.05) is 47.8 Å². The average Bonchev–Trinajstić information content (AvgIpc) is 3.63. The van der Waals surface area contributed by atoms with Crippen molar-refractivity contribution < 1.29 is 38.4 Å². The highest BCUT2D eigenvalue weighted by molar-refractivity contribution is 6.21. The second kappa shape index (κ2) is 10.4. The van der Waals surface area contributed by atoms with Crippen LogP contribution in [0.4, 0.5) is 0 Å². The van der Waals surface area contributed by atoms with Gasteiger partial charge in [-0.05, 0) is 49.9 Å². The first-order chi connectivity index (χ1) is 22.6. The maximum Gasteiger partial charge on any atom is 0.308 e. The maximum atomic E-state index is 13.7. The van der Waals surface area contributed by atoms with Crippen LogP contribution in [0.5, 0.6) is 28.7 Å². The van der Waals surface area contributed by atoms with Crippen LogP contribution < -0.4 is 24.3 Å². The van der Waals surface area contributed by atoms with Crippen LogP contribution in [0.15, 0.2) is 30.3 Å². The number of aryl methyl sites for hydroxylation is 1. The zero-order valence-electron chi connectivity index (χ0n) is 26.2. The number of aromatic hydroxyl groups is 1. The van der Waals surface area contributed by atoms with Crippen LogP contribution in [-0.2, 0) is 17.6 Å². The Bertz CT molecular complexity index is 1930. The van der Waals surface area contributed by atoms with Gasteiger partial charge in [-0.15, -0.1) is 0 Å². The molecule has 0 aliphatic carbocycles. The Morgan fingerprint density at radius 3 is 2.45 bits per heavy atom. The molecule has 3 aromatic rings. The SMILES string of the molecule is COc1c(C)cc2c(c1O)[C@H]1NC(C2)C(C#N)N2C1Cc1c(OC(C)=O)c(C)c3c(c1[C@@H]2CN1C(=O)c2ccccc2C1=O)OCO3. The summed E-state index contributed by atoms with van der Waals surface area (Å²) in [5.74, 6) is 0.194. The minimum absolute atomic E-state index is 0.0265. The van der Waals surface area contributed by atoms with Gasteiger partial charge in [-0.25, -0.2) is 0 Å². The van der Waals surface area contributed by atoms with E-state index in [-0.39, 0.29) is 25.1 Å². The summed E-state index contributed by atoms with van der Waals surface area (Å²) < 4.78 is 23.4. The Morgan fingerprint density at radius 2 is 1.79 bits per heavy atom. The molecular formula is C35H32N4O8. The quantitative estimate of drug-likeness (QED) is 0.246. The smallest absolute Gasteiger partial charge is 0.308 e. The number of methoxy groups -OCH3 is 1. The Balaban J connectivity index is 1.36. The number of rotatable bonds is 4. The van der Waals surface area contributed by atoms with Crippen molar-refractivity contribution in [3.8, 4) is 34.8 Å². The summed E-state index contributed by atoms with van der Waals surface area (Å²) in [6.07, 6.45) is 0.758. The van der Waals surface area contributed by atoms with Gasteiger partial charge in [-0.1, -0.05) is 18.2 Å². The number of piperazine rings is 1. The van der Waals surface area contributed by atoms with Crippen LogP contribution >= 0.6 is 0 Å². The van der Waals surface area contributed by atoms with Crippen molar-refractivity contribution in [2.45, 2.75) is 63.8 Å². The predicted molar refractivity (Wildman–Crippen MR) is 165 cm³/mol. The molecule has 1 saturated heterocycles. The van der Waals surface area contributed by atoms with Gasteiger partial charge in [0.25, 0.3) is 11.8 Å². The highest BCUT2D eigenvalue weighted by atomic mass is 16.7. The van der Waals surface area contributed by atoms with E-state index in [1.807, 2.05) is 13.0 Å². The molecule has 240 valence electrons. The third-order valence-corrected chi connectivity index (χ3v) is 10.2. The largest absolute Gasteiger partial charge is 0.504 e. The summed E-state index contributed by atoms with van der Waals surface area (Å²) >= 11 is 0. The molecule has 5 heterocycles. The molecule has 5 aliphatic heterocycles. The molecule has 12 nitrogen and oxygen atoms in total. The van der Waals surface area contributed by atoms with Crippen molar-refractivity contribution in [1.29, 1.82) is 5.26 Å². The molecule has 2 amide bonds. The van der Waals surface area contributed by atoms with E-state index in [0.717, 1.165) is 11.1 Å². The first-order valence-corrected chi connectivity index (χ1v) is 15.6. The van der Waals surface area contributed by atoms with Crippen molar-refractivity contribution in [2.75, 3.05) is 20.4 Å². The summed E-state index contributed by atoms with van der Waals surface area (Å²) in [6, 6.07) is 8.49. The van der Waals surface area contributed by atoms with Crippen molar-refractivity contribution >= 4 is 17.8 Å². The molecule has 0 radical (unpaired) electrons. The molecule has 47 heavy (non-hydrogen) atoms. The normalized spacial score (nSPS) is 25.0. The van der Waals surface area contributed by atoms with Crippen molar-refractivity contribution in [3.05, 3.63) is 74.8 Å². The number of phenols is 1. The third kappa shape index (κ3) is 4.03. The molecule has 3 unspecified atom stereocenters. The third-order valence-electron chi connectivity index (χ3n) is 10.2. The zero-order valence-corrected chi connectivity index (χ0v) is 26.2. The van der Waals surface area contributed by atoms with Crippen molar-refractivity contribution in [2.24, 2.45) is 0 Å². The second-order valence-corrected chi connectivity index (χ2v) is 12.7. The summed E-state index contributed by atoms with van der Waals surface area (Å²) in [5, 5.41) is 26.0. The van der Waals surface area contributed by atoms with Crippen LogP contribution in [-0.4, -0.2) is 71.3 Å². The molecule has 2 bridgehead atoms. The van der Waals surface area contributed by atoms with E-state index in [4.69, 9.17) is 18.9 Å². The number of carbonyl (C=O) groups is 3. The van der Waals surface area contributed by atoms with Crippen LogP contribution in [0.1, 0.15) is 73.1 Å². The number of nitrogens with one attached hydrogen (secondary N) is 1. The Hall–Kier alpha value is -5.12. The second-order valence-electron chi connectivity index (χ2n) is 12.7. The van der Waals surface area contributed by atoms with E-state index in [1.165, 1.54) is 18.9 Å². The Kier molecular flexibility index (Phi) is 6.51. The van der Waals surface area contributed by atoms with Crippen LogP contribution in [0.3, 0.4) is 0 Å². The van der Waals surface area contributed by atoms with Gasteiger partial charge >= 0.3 is 5.97 Å². The highest BCUT2D eigenvalue weighted by Gasteiger charge is 2.55. The van der Waals surface area contributed by atoms with Gasteiger partial charge < -0.3 is 29.4 Å². The number of esters is 1. The number of amides is 2. The monoisotopic (exact) mass is 636 g/mol. The fourth-order valence-corrected chi connectivity index (χ4v) is 8.45. The van der Waals surface area contributed by atoms with Gasteiger partial charge in [-0.2, -0.15) is 5.26 Å². The summed E-state index contributed by atoms with van der Waals surface area (Å²) in [7, 11) is 1.51. The molecule has 12 heteroatoms. The topological polar surface area (TPSA) is 151 Å². The maximum absolute atomic E-state index is 13.7. The molecule has 1 fully saturated rings. The minimum Gasteiger partial charge on any atom is -0.504 e. The number of imide groups is 1. The molecule has 8 rings (SSSR count). The predicted octanol–water partition coefficient (Wildman–Crippen LogP) is 3.40. The van der Waals surface area contributed by atoms with E-state index in [0.29, 0.717) is 69.2 Å². The van der Waals surface area contributed by atoms with Crippen LogP contribution in [0.25, 0.3) is 0 Å². The van der Waals surface area contributed by atoms with Gasteiger partial charge in [0.15, 0.2) is 23.0 Å². The number of fused-ring (bicyclic) bond motifs is 10. The van der Waals surface area contributed by atoms with E-state index in [9.17, 15) is 24.8 Å². The summed E-state index contributed by atoms with van der Waals surface area (Å²) in [4.78, 5) is 43.3. The molecule has 0 spiro atoms. The average molecular weight is 637 g/mol. The van der Waals surface area contributed by atoms with E-state index in [2.05, 4.69) is 16.3 Å². The van der Waals surface area contributed by atoms with Gasteiger partial charge in [0.05, 0.1) is 36.4 Å². The van der Waals surface area contributed by atoms with Crippen LogP contribution in [0.2, 0.25) is 0 Å². The van der Waals surface area contributed by atoms with E-state index >= 15 is 0 Å². The number of carbonyl (C=O) groups excluding carboxylic acids is 3. The van der Waals surface area contributed by atoms with Gasteiger partial charge in [0.1, 0.15) is 11.8 Å². The van der Waals surface area contributed by atoms with Crippen LogP contribution in [0, 0.1) is 25.2 Å². The van der Waals surface area contributed by atoms with Crippen molar-refractivity contribution in [3.63, 3.8) is 0 Å². The zero-order chi connectivity index (χ0) is 32.9. The first kappa shape index (κ1) is 29.3. The molecule has 2 N–H and O–H groups in total. The number of nitrogens with zero attached hydrogens (tertiary/aromatic N) is 3. The van der Waals surface area contributed by atoms with Crippen molar-refractivity contribution in [1.82, 2.24) is 15.1 Å². The number of phenolic OH excluding ortho intramolecular Hbond substituents is 1. The summed E-state index contributed by atoms with van der Waals surface area (Å²) in [6.45, 7) is 4.83. The lowest BCUT2D eigenvalue weighted by molar-refractivity contribution is -0.132. The summed E-state index contributed by atoms with van der Waals surface area (Å²) in [5.41, 5.74) is 4.85. The van der Waals surface area contributed by atoms with Gasteiger partial charge in [-0.3, -0.25) is 24.2 Å². The lowest BCUT2D eigenvalue weighted by Gasteiger charge is -2.57. The molecule has 3 aromatic carbocycles.